The van der Waals surface area contributed by atoms with E-state index < -0.39 is 7.92 Å². The third-order valence-corrected chi connectivity index (χ3v) is 4.54. The molecule has 0 aliphatic carbocycles. The Morgan fingerprint density at radius 3 is 1.53 bits per heavy atom. The molecule has 0 N–H and O–H groups in total. The van der Waals surface area contributed by atoms with E-state index in [4.69, 9.17) is 0 Å². The van der Waals surface area contributed by atoms with Crippen LogP contribution in [0.2, 0.25) is 0 Å². The first-order valence-corrected chi connectivity index (χ1v) is 6.68. The molecule has 0 spiro atoms. The Morgan fingerprint density at radius 2 is 1.18 bits per heavy atom. The van der Waals surface area contributed by atoms with Crippen LogP contribution in [0.15, 0.2) is 72.6 Å². The van der Waals surface area contributed by atoms with Gasteiger partial charge < -0.3 is 0 Å². The monoisotopic (exact) mass is 273 g/mol. The summed E-state index contributed by atoms with van der Waals surface area (Å²) in [4.78, 5) is 0. The molecule has 0 amide bonds. The maximum Gasteiger partial charge on any atom is 0 e. The van der Waals surface area contributed by atoms with Crippen LogP contribution in [-0.4, -0.2) is 0 Å². The van der Waals surface area contributed by atoms with E-state index in [-0.39, 0.29) is 21.7 Å². The maximum absolute atomic E-state index is 3.81. The van der Waals surface area contributed by atoms with E-state index in [2.05, 4.69) is 73.4 Å². The molecule has 0 saturated carbocycles. The molecule has 0 aliphatic rings. The normalized spacial score (nSPS) is 10.4. The zero-order chi connectivity index (χ0) is 11.2. The predicted molar refractivity (Wildman–Crippen MR) is 73.6 cm³/mol. The van der Waals surface area contributed by atoms with E-state index in [9.17, 15) is 0 Å². The van der Waals surface area contributed by atoms with E-state index in [0.29, 0.717) is 0 Å². The van der Waals surface area contributed by atoms with Crippen LogP contribution < -0.4 is 10.6 Å². The smallest absolute Gasteiger partial charge is 0 e. The van der Waals surface area contributed by atoms with E-state index in [1.165, 1.54) is 10.6 Å². The minimum atomic E-state index is -0.394. The second-order valence-electron chi connectivity index (χ2n) is 3.43. The molecular weight excluding hydrogens is 259 g/mol. The van der Waals surface area contributed by atoms with E-state index in [1.807, 2.05) is 6.08 Å². The Kier molecular flexibility index (Phi) is 6.30. The zero-order valence-electron chi connectivity index (χ0n) is 9.58. The van der Waals surface area contributed by atoms with Crippen molar-refractivity contribution in [3.63, 3.8) is 0 Å². The molecule has 17 heavy (non-hydrogen) atoms. The van der Waals surface area contributed by atoms with Gasteiger partial charge in [-0.25, -0.2) is 13.0 Å². The SMILES string of the molecule is [CH2-]C=CP(c1ccccc1)c1ccccc1.[Ti]. The third-order valence-electron chi connectivity index (χ3n) is 2.32. The van der Waals surface area contributed by atoms with Gasteiger partial charge in [0.05, 0.1) is 0 Å². The summed E-state index contributed by atoms with van der Waals surface area (Å²) in [7, 11) is -0.394. The summed E-state index contributed by atoms with van der Waals surface area (Å²) in [5.41, 5.74) is 0. The molecule has 0 unspecified atom stereocenters. The average Bonchev–Trinajstić information content (AvgIpc) is 2.38. The van der Waals surface area contributed by atoms with Crippen molar-refractivity contribution in [2.45, 2.75) is 0 Å². The maximum atomic E-state index is 3.81. The van der Waals surface area contributed by atoms with Crippen LogP contribution in [0.4, 0.5) is 0 Å². The van der Waals surface area contributed by atoms with E-state index >= 15 is 0 Å². The van der Waals surface area contributed by atoms with Crippen molar-refractivity contribution in [3.8, 4) is 0 Å². The Bertz CT molecular complexity index is 411. The molecule has 0 nitrogen and oxygen atoms in total. The van der Waals surface area contributed by atoms with Crippen LogP contribution in [0, 0.1) is 6.92 Å². The van der Waals surface area contributed by atoms with Gasteiger partial charge in [0.15, 0.2) is 0 Å². The van der Waals surface area contributed by atoms with Crippen LogP contribution in [0.3, 0.4) is 0 Å². The van der Waals surface area contributed by atoms with Gasteiger partial charge in [-0.15, -0.1) is 7.92 Å². The number of benzene rings is 2. The van der Waals surface area contributed by atoms with E-state index in [1.54, 1.807) is 0 Å². The molecule has 84 valence electrons. The summed E-state index contributed by atoms with van der Waals surface area (Å²) in [6.07, 6.45) is 1.89. The van der Waals surface area contributed by atoms with Crippen molar-refractivity contribution in [1.82, 2.24) is 0 Å². The second-order valence-corrected chi connectivity index (χ2v) is 5.50. The van der Waals surface area contributed by atoms with Gasteiger partial charge in [0.25, 0.3) is 0 Å². The number of rotatable bonds is 3. The van der Waals surface area contributed by atoms with Crippen molar-refractivity contribution in [2.75, 3.05) is 0 Å². The first kappa shape index (κ1) is 14.3. The minimum Gasteiger partial charge on any atom is -0.245 e. The van der Waals surface area contributed by atoms with Crippen molar-refractivity contribution >= 4 is 18.5 Å². The molecular formula is C15H14PTi-. The summed E-state index contributed by atoms with van der Waals surface area (Å²) in [6.45, 7) is 3.81. The topological polar surface area (TPSA) is 0 Å². The minimum absolute atomic E-state index is 0. The molecule has 0 bridgehead atoms. The second kappa shape index (κ2) is 7.51. The molecule has 2 aromatic rings. The first-order valence-electron chi connectivity index (χ1n) is 5.27. The molecule has 2 heteroatoms. The van der Waals surface area contributed by atoms with Crippen LogP contribution >= 0.6 is 7.92 Å². The molecule has 0 saturated heterocycles. The fraction of sp³-hybridized carbons (Fsp3) is 0. The summed E-state index contributed by atoms with van der Waals surface area (Å²) in [6, 6.07) is 21.2. The quantitative estimate of drug-likeness (QED) is 0.456. The van der Waals surface area contributed by atoms with Gasteiger partial charge in [-0.3, -0.25) is 0 Å². The van der Waals surface area contributed by atoms with Gasteiger partial charge in [0, 0.05) is 21.7 Å². The zero-order valence-corrected chi connectivity index (χ0v) is 12.0. The summed E-state index contributed by atoms with van der Waals surface area (Å²) >= 11 is 0. The molecule has 2 aromatic carbocycles. The standard InChI is InChI=1S/C15H14P.Ti/c1-2-13-16(14-9-5-3-6-10-14)15-11-7-4-8-12-15;/h2-13H,1H2;/q-1;. The van der Waals surface area contributed by atoms with Crippen molar-refractivity contribution in [1.29, 1.82) is 0 Å². The fourth-order valence-corrected chi connectivity index (χ4v) is 3.44. The molecule has 0 radical (unpaired) electrons. The summed E-state index contributed by atoms with van der Waals surface area (Å²) in [5.74, 6) is 2.19. The van der Waals surface area contributed by atoms with Crippen LogP contribution in [0.1, 0.15) is 0 Å². The Balaban J connectivity index is 0.00000144. The van der Waals surface area contributed by atoms with Gasteiger partial charge in [-0.1, -0.05) is 60.7 Å². The van der Waals surface area contributed by atoms with Gasteiger partial charge in [-0.2, -0.15) is 5.82 Å². The van der Waals surface area contributed by atoms with Crippen LogP contribution in [0.5, 0.6) is 0 Å². The molecule has 0 fully saturated rings. The largest absolute Gasteiger partial charge is 0.245 e. The van der Waals surface area contributed by atoms with Gasteiger partial charge >= 0.3 is 0 Å². The van der Waals surface area contributed by atoms with Gasteiger partial charge in [-0.05, 0) is 10.6 Å². The average molecular weight is 273 g/mol. The molecule has 2 rings (SSSR count). The Morgan fingerprint density at radius 1 is 0.765 bits per heavy atom. The summed E-state index contributed by atoms with van der Waals surface area (Å²) < 4.78 is 0. The number of hydrogen-bond donors (Lipinski definition) is 0. The van der Waals surface area contributed by atoms with Crippen molar-refractivity contribution < 1.29 is 21.7 Å². The third kappa shape index (κ3) is 3.86. The van der Waals surface area contributed by atoms with Crippen molar-refractivity contribution in [2.24, 2.45) is 0 Å². The van der Waals surface area contributed by atoms with Crippen LogP contribution in [-0.2, 0) is 21.7 Å². The fourth-order valence-electron chi connectivity index (χ4n) is 1.60. The van der Waals surface area contributed by atoms with Gasteiger partial charge in [0.2, 0.25) is 0 Å². The van der Waals surface area contributed by atoms with E-state index in [0.717, 1.165) is 0 Å². The van der Waals surface area contributed by atoms with Crippen LogP contribution in [0.25, 0.3) is 0 Å². The molecule has 0 aromatic heterocycles. The first-order chi connectivity index (χ1) is 7.92. The molecule has 0 heterocycles. The number of allylic oxidation sites excluding steroid dienone is 1. The molecule has 0 aliphatic heterocycles. The van der Waals surface area contributed by atoms with Crippen molar-refractivity contribution in [3.05, 3.63) is 79.5 Å². The Labute approximate surface area is 119 Å². The summed E-state index contributed by atoms with van der Waals surface area (Å²) in [5, 5.41) is 2.73. The number of hydrogen-bond acceptors (Lipinski definition) is 0. The predicted octanol–water partition coefficient (Wildman–Crippen LogP) is 3.46. The Hall–Kier alpha value is -0.806. The molecule has 0 atom stereocenters. The van der Waals surface area contributed by atoms with Gasteiger partial charge in [0.1, 0.15) is 0 Å².